The fourth-order valence-corrected chi connectivity index (χ4v) is 3.84. The molecule has 1 aromatic heterocycles. The Bertz CT molecular complexity index is 861. The maximum atomic E-state index is 5.51. The summed E-state index contributed by atoms with van der Waals surface area (Å²) in [4.78, 5) is 7.29. The zero-order valence-corrected chi connectivity index (χ0v) is 14.7. The number of aromatic nitrogens is 1. The first kappa shape index (κ1) is 16.1. The number of hydrogen-bond acceptors (Lipinski definition) is 3. The number of hydrogen-bond donors (Lipinski definition) is 0. The van der Waals surface area contributed by atoms with Crippen LogP contribution in [0.3, 0.4) is 0 Å². The second-order valence-corrected chi connectivity index (χ2v) is 6.84. The van der Waals surface area contributed by atoms with E-state index in [9.17, 15) is 0 Å². The molecule has 2 heterocycles. The molecule has 0 saturated carbocycles. The van der Waals surface area contributed by atoms with Gasteiger partial charge in [0, 0.05) is 41.8 Å². The van der Waals surface area contributed by atoms with Crippen molar-refractivity contribution in [2.24, 2.45) is 0 Å². The van der Waals surface area contributed by atoms with Gasteiger partial charge in [0.05, 0.1) is 7.11 Å². The first-order chi connectivity index (χ1) is 12.3. The first-order valence-electron chi connectivity index (χ1n) is 9.02. The monoisotopic (exact) mass is 332 g/mol. The minimum absolute atomic E-state index is 0.507. The number of likely N-dealkylation sites (tertiary alicyclic amines) is 1. The van der Waals surface area contributed by atoms with Gasteiger partial charge < -0.3 is 4.74 Å². The molecule has 128 valence electrons. The van der Waals surface area contributed by atoms with Gasteiger partial charge in [-0.2, -0.15) is 0 Å². The van der Waals surface area contributed by atoms with E-state index in [0.717, 1.165) is 25.4 Å². The maximum Gasteiger partial charge on any atom is 0.123 e. The number of rotatable bonds is 4. The average Bonchev–Trinajstić information content (AvgIpc) is 2.68. The van der Waals surface area contributed by atoms with Crippen molar-refractivity contribution in [2.75, 3.05) is 20.2 Å². The van der Waals surface area contributed by atoms with Crippen LogP contribution in [0, 0.1) is 0 Å². The third kappa shape index (κ3) is 3.52. The van der Waals surface area contributed by atoms with Crippen LogP contribution in [0.4, 0.5) is 0 Å². The molecule has 0 unspecified atom stereocenters. The number of fused-ring (bicyclic) bond motifs is 1. The van der Waals surface area contributed by atoms with Gasteiger partial charge in [-0.1, -0.05) is 42.5 Å². The maximum absolute atomic E-state index is 5.51. The highest BCUT2D eigenvalue weighted by Gasteiger charge is 2.23. The Morgan fingerprint density at radius 2 is 1.88 bits per heavy atom. The van der Waals surface area contributed by atoms with Crippen LogP contribution >= 0.6 is 0 Å². The van der Waals surface area contributed by atoms with E-state index in [1.165, 1.54) is 34.9 Å². The van der Waals surface area contributed by atoms with Crippen LogP contribution in [-0.4, -0.2) is 30.1 Å². The van der Waals surface area contributed by atoms with Crippen molar-refractivity contribution in [3.05, 3.63) is 72.1 Å². The summed E-state index contributed by atoms with van der Waals surface area (Å²) >= 11 is 0. The number of piperidine rings is 1. The highest BCUT2D eigenvalue weighted by atomic mass is 16.5. The van der Waals surface area contributed by atoms with E-state index in [1.54, 1.807) is 7.11 Å². The van der Waals surface area contributed by atoms with Gasteiger partial charge in [-0.3, -0.25) is 9.88 Å². The van der Waals surface area contributed by atoms with Gasteiger partial charge in [-0.25, -0.2) is 0 Å². The summed E-state index contributed by atoms with van der Waals surface area (Å²) in [5.74, 6) is 1.49. The summed E-state index contributed by atoms with van der Waals surface area (Å²) in [6.07, 6.45) is 4.45. The third-order valence-electron chi connectivity index (χ3n) is 5.16. The summed E-state index contributed by atoms with van der Waals surface area (Å²) in [7, 11) is 1.75. The van der Waals surface area contributed by atoms with Crippen LogP contribution < -0.4 is 4.74 Å². The van der Waals surface area contributed by atoms with Gasteiger partial charge in [0.25, 0.3) is 0 Å². The van der Waals surface area contributed by atoms with Gasteiger partial charge in [0.2, 0.25) is 0 Å². The zero-order valence-electron chi connectivity index (χ0n) is 14.7. The molecule has 4 rings (SSSR count). The summed E-state index contributed by atoms with van der Waals surface area (Å²) < 4.78 is 5.51. The minimum Gasteiger partial charge on any atom is -0.496 e. The lowest BCUT2D eigenvalue weighted by molar-refractivity contribution is 0.196. The third-order valence-corrected chi connectivity index (χ3v) is 5.16. The molecule has 25 heavy (non-hydrogen) atoms. The molecule has 0 aliphatic carbocycles. The van der Waals surface area contributed by atoms with Crippen LogP contribution in [0.2, 0.25) is 0 Å². The summed E-state index contributed by atoms with van der Waals surface area (Å²) in [5, 5.41) is 2.50. The molecular formula is C22H24N2O. The topological polar surface area (TPSA) is 25.4 Å². The number of nitrogens with zero attached hydrogens (tertiary/aromatic N) is 2. The van der Waals surface area contributed by atoms with Crippen molar-refractivity contribution < 1.29 is 4.74 Å². The number of pyridine rings is 1. The van der Waals surface area contributed by atoms with Crippen LogP contribution in [0.1, 0.15) is 30.0 Å². The van der Waals surface area contributed by atoms with Gasteiger partial charge in [-0.05, 0) is 36.9 Å². The van der Waals surface area contributed by atoms with Crippen LogP contribution in [-0.2, 0) is 6.54 Å². The first-order valence-corrected chi connectivity index (χ1v) is 9.02. The molecule has 0 radical (unpaired) electrons. The quantitative estimate of drug-likeness (QED) is 0.697. The molecule has 0 amide bonds. The molecule has 1 saturated heterocycles. The molecule has 1 fully saturated rings. The summed E-state index contributed by atoms with van der Waals surface area (Å²) in [5.41, 5.74) is 2.49. The molecule has 3 nitrogen and oxygen atoms in total. The van der Waals surface area contributed by atoms with Gasteiger partial charge in [0.15, 0.2) is 0 Å². The zero-order chi connectivity index (χ0) is 17.1. The van der Waals surface area contributed by atoms with E-state index in [2.05, 4.69) is 47.4 Å². The van der Waals surface area contributed by atoms with Crippen LogP contribution in [0.15, 0.2) is 60.8 Å². The molecule has 2 aromatic carbocycles. The summed E-state index contributed by atoms with van der Waals surface area (Å²) in [6, 6.07) is 19.1. The van der Waals surface area contributed by atoms with E-state index < -0.39 is 0 Å². The van der Waals surface area contributed by atoms with E-state index >= 15 is 0 Å². The Kier molecular flexibility index (Phi) is 4.66. The van der Waals surface area contributed by atoms with E-state index in [4.69, 9.17) is 9.72 Å². The van der Waals surface area contributed by atoms with Crippen molar-refractivity contribution in [3.63, 3.8) is 0 Å². The Labute approximate surface area is 149 Å². The second kappa shape index (κ2) is 7.24. The standard InChI is InChI=1S/C22H24N2O/c1-25-22-11-5-4-9-20(22)16-24-12-6-10-19(15-24)21-13-17-7-2-3-8-18(17)14-23-21/h2-5,7-9,11,13-14,19H,6,10,12,15-16H2,1H3/t19-/m1/s1. The number of benzene rings is 2. The van der Waals surface area contributed by atoms with Crippen molar-refractivity contribution in [1.82, 2.24) is 9.88 Å². The molecule has 1 atom stereocenters. The second-order valence-electron chi connectivity index (χ2n) is 6.84. The average molecular weight is 332 g/mol. The highest BCUT2D eigenvalue weighted by molar-refractivity contribution is 5.81. The van der Waals surface area contributed by atoms with Crippen molar-refractivity contribution in [3.8, 4) is 5.75 Å². The predicted molar refractivity (Wildman–Crippen MR) is 102 cm³/mol. The molecule has 3 heteroatoms. The van der Waals surface area contributed by atoms with E-state index in [0.29, 0.717) is 5.92 Å². The van der Waals surface area contributed by atoms with Crippen LogP contribution in [0.25, 0.3) is 10.8 Å². The minimum atomic E-state index is 0.507. The fourth-order valence-electron chi connectivity index (χ4n) is 3.84. The molecular weight excluding hydrogens is 308 g/mol. The number of ether oxygens (including phenoxy) is 1. The lowest BCUT2D eigenvalue weighted by atomic mass is 9.93. The van der Waals surface area contributed by atoms with Gasteiger partial charge in [-0.15, -0.1) is 0 Å². The Morgan fingerprint density at radius 1 is 1.08 bits per heavy atom. The largest absolute Gasteiger partial charge is 0.496 e. The Balaban J connectivity index is 1.52. The summed E-state index contributed by atoms with van der Waals surface area (Å²) in [6.45, 7) is 3.14. The van der Waals surface area contributed by atoms with E-state index in [-0.39, 0.29) is 0 Å². The SMILES string of the molecule is COc1ccccc1CN1CCC[C@@H](c2cc3ccccc3cn2)C1. The molecule has 1 aliphatic heterocycles. The van der Waals surface area contributed by atoms with Crippen molar-refractivity contribution in [1.29, 1.82) is 0 Å². The normalized spacial score (nSPS) is 18.4. The molecule has 0 spiro atoms. The predicted octanol–water partition coefficient (Wildman–Crippen LogP) is 4.62. The van der Waals surface area contributed by atoms with E-state index in [1.807, 2.05) is 18.3 Å². The Morgan fingerprint density at radius 3 is 2.76 bits per heavy atom. The molecule has 3 aromatic rings. The Hall–Kier alpha value is -2.39. The van der Waals surface area contributed by atoms with Crippen LogP contribution in [0.5, 0.6) is 5.75 Å². The fraction of sp³-hybridized carbons (Fsp3) is 0.318. The number of methoxy groups -OCH3 is 1. The lowest BCUT2D eigenvalue weighted by Crippen LogP contribution is -2.34. The number of para-hydroxylation sites is 1. The lowest BCUT2D eigenvalue weighted by Gasteiger charge is -2.32. The van der Waals surface area contributed by atoms with Gasteiger partial charge in [0.1, 0.15) is 5.75 Å². The molecule has 0 bridgehead atoms. The van der Waals surface area contributed by atoms with Crippen molar-refractivity contribution >= 4 is 10.8 Å². The highest BCUT2D eigenvalue weighted by Crippen LogP contribution is 2.29. The van der Waals surface area contributed by atoms with Gasteiger partial charge >= 0.3 is 0 Å². The molecule has 0 N–H and O–H groups in total. The van der Waals surface area contributed by atoms with Crippen molar-refractivity contribution in [2.45, 2.75) is 25.3 Å². The molecule has 1 aliphatic rings. The smallest absolute Gasteiger partial charge is 0.123 e.